The van der Waals surface area contributed by atoms with E-state index in [2.05, 4.69) is 22.6 Å². The Balaban J connectivity index is 1.90. The molecule has 0 saturated carbocycles. The van der Waals surface area contributed by atoms with Crippen molar-refractivity contribution < 1.29 is 9.90 Å². The van der Waals surface area contributed by atoms with Crippen LogP contribution in [0.4, 0.5) is 0 Å². The molecule has 0 bridgehead atoms. The molecule has 0 aliphatic carbocycles. The summed E-state index contributed by atoms with van der Waals surface area (Å²) in [6.45, 7) is 5.42. The minimum Gasteiger partial charge on any atom is -0.390 e. The van der Waals surface area contributed by atoms with Crippen LogP contribution in [0.1, 0.15) is 26.2 Å². The molecule has 0 spiro atoms. The molecular weight excluding hydrogens is 230 g/mol. The van der Waals surface area contributed by atoms with Crippen molar-refractivity contribution in [2.45, 2.75) is 38.3 Å². The lowest BCUT2D eigenvalue weighted by atomic mass is 9.79. The molecule has 2 saturated heterocycles. The van der Waals surface area contributed by atoms with Gasteiger partial charge in [-0.2, -0.15) is 0 Å². The average Bonchev–Trinajstić information content (AvgIpc) is 2.36. The first-order valence-electron chi connectivity index (χ1n) is 6.89. The van der Waals surface area contributed by atoms with Gasteiger partial charge in [0.2, 0.25) is 5.91 Å². The van der Waals surface area contributed by atoms with Gasteiger partial charge in [0, 0.05) is 12.0 Å². The molecule has 18 heavy (non-hydrogen) atoms. The number of nitrogens with one attached hydrogen (secondary N) is 2. The van der Waals surface area contributed by atoms with Gasteiger partial charge in [-0.25, -0.2) is 0 Å². The predicted octanol–water partition coefficient (Wildman–Crippen LogP) is -0.443. The van der Waals surface area contributed by atoms with E-state index >= 15 is 0 Å². The van der Waals surface area contributed by atoms with Crippen LogP contribution < -0.4 is 10.6 Å². The van der Waals surface area contributed by atoms with Crippen LogP contribution in [0.25, 0.3) is 0 Å². The number of rotatable bonds is 2. The molecule has 0 unspecified atom stereocenters. The third-order valence-corrected chi connectivity index (χ3v) is 4.41. The van der Waals surface area contributed by atoms with Crippen molar-refractivity contribution >= 4 is 5.91 Å². The first kappa shape index (κ1) is 13.8. The molecule has 0 aromatic carbocycles. The summed E-state index contributed by atoms with van der Waals surface area (Å²) in [6.07, 6.45) is 2.15. The van der Waals surface area contributed by atoms with Crippen LogP contribution in [-0.2, 0) is 4.79 Å². The smallest absolute Gasteiger partial charge is 0.226 e. The lowest BCUT2D eigenvalue weighted by Crippen LogP contribution is -2.56. The number of nitrogens with zero attached hydrogens (tertiary/aromatic N) is 1. The van der Waals surface area contributed by atoms with Gasteiger partial charge in [-0.15, -0.1) is 0 Å². The fourth-order valence-electron chi connectivity index (χ4n) is 2.69. The molecule has 2 fully saturated rings. The Bertz CT molecular complexity index is 301. The van der Waals surface area contributed by atoms with Crippen LogP contribution in [0.5, 0.6) is 0 Å². The molecule has 0 radical (unpaired) electrons. The SMILES string of the molecule is CN1CCC(C)(C(=O)N[C@@H]2CCNC[C@H]2O)CC1. The summed E-state index contributed by atoms with van der Waals surface area (Å²) in [5, 5.41) is 16.0. The molecule has 2 heterocycles. The van der Waals surface area contributed by atoms with Gasteiger partial charge in [-0.05, 0) is 45.9 Å². The van der Waals surface area contributed by atoms with E-state index in [1.54, 1.807) is 0 Å². The van der Waals surface area contributed by atoms with Gasteiger partial charge in [0.15, 0.2) is 0 Å². The molecule has 5 nitrogen and oxygen atoms in total. The van der Waals surface area contributed by atoms with Gasteiger partial charge in [0.05, 0.1) is 12.1 Å². The maximum atomic E-state index is 12.4. The van der Waals surface area contributed by atoms with Crippen LogP contribution in [0.15, 0.2) is 0 Å². The van der Waals surface area contributed by atoms with E-state index in [1.165, 1.54) is 0 Å². The normalized spacial score (nSPS) is 33.1. The van der Waals surface area contributed by atoms with Gasteiger partial charge in [-0.1, -0.05) is 6.92 Å². The minimum absolute atomic E-state index is 0.0877. The third-order valence-electron chi connectivity index (χ3n) is 4.41. The molecule has 1 amide bonds. The van der Waals surface area contributed by atoms with Crippen LogP contribution in [0, 0.1) is 5.41 Å². The predicted molar refractivity (Wildman–Crippen MR) is 70.3 cm³/mol. The van der Waals surface area contributed by atoms with Gasteiger partial charge in [0.25, 0.3) is 0 Å². The first-order chi connectivity index (χ1) is 8.51. The van der Waals surface area contributed by atoms with E-state index in [0.29, 0.717) is 6.54 Å². The number of piperidine rings is 2. The van der Waals surface area contributed by atoms with Crippen molar-refractivity contribution in [3.63, 3.8) is 0 Å². The summed E-state index contributed by atoms with van der Waals surface area (Å²) in [4.78, 5) is 14.6. The van der Waals surface area contributed by atoms with Crippen molar-refractivity contribution in [2.24, 2.45) is 5.41 Å². The molecule has 2 aliphatic heterocycles. The molecular formula is C13H25N3O2. The average molecular weight is 255 g/mol. The topological polar surface area (TPSA) is 64.6 Å². The molecule has 2 rings (SSSR count). The number of amides is 1. The van der Waals surface area contributed by atoms with E-state index in [4.69, 9.17) is 0 Å². The standard InChI is InChI=1S/C13H25N3O2/c1-13(4-7-16(2)8-5-13)12(18)15-10-3-6-14-9-11(10)17/h10-11,14,17H,3-9H2,1-2H3,(H,15,18)/t10-,11-/m1/s1. The van der Waals surface area contributed by atoms with Crippen molar-refractivity contribution in [3.05, 3.63) is 0 Å². The molecule has 0 aromatic rings. The first-order valence-corrected chi connectivity index (χ1v) is 6.89. The van der Waals surface area contributed by atoms with E-state index in [1.807, 2.05) is 6.92 Å². The molecule has 2 aliphatic rings. The van der Waals surface area contributed by atoms with Crippen molar-refractivity contribution in [1.82, 2.24) is 15.5 Å². The Morgan fingerprint density at radius 3 is 2.72 bits per heavy atom. The molecule has 5 heteroatoms. The summed E-state index contributed by atoms with van der Waals surface area (Å²) < 4.78 is 0. The Kier molecular flexibility index (Phi) is 4.25. The number of aliphatic hydroxyl groups excluding tert-OH is 1. The Morgan fingerprint density at radius 2 is 2.11 bits per heavy atom. The summed E-state index contributed by atoms with van der Waals surface area (Å²) in [5.74, 6) is 0.113. The zero-order valence-electron chi connectivity index (χ0n) is 11.4. The number of aliphatic hydroxyl groups is 1. The van der Waals surface area contributed by atoms with E-state index in [-0.39, 0.29) is 17.4 Å². The van der Waals surface area contributed by atoms with E-state index in [0.717, 1.165) is 38.9 Å². The monoisotopic (exact) mass is 255 g/mol. The van der Waals surface area contributed by atoms with Crippen LogP contribution >= 0.6 is 0 Å². The molecule has 0 aromatic heterocycles. The highest BCUT2D eigenvalue weighted by Gasteiger charge is 2.38. The Labute approximate surface area is 109 Å². The molecule has 2 atom stereocenters. The van der Waals surface area contributed by atoms with Gasteiger partial charge < -0.3 is 20.6 Å². The van der Waals surface area contributed by atoms with Gasteiger partial charge in [-0.3, -0.25) is 4.79 Å². The number of likely N-dealkylation sites (tertiary alicyclic amines) is 1. The second-order valence-electron chi connectivity index (χ2n) is 6.00. The lowest BCUT2D eigenvalue weighted by Gasteiger charge is -2.38. The highest BCUT2D eigenvalue weighted by atomic mass is 16.3. The van der Waals surface area contributed by atoms with Crippen molar-refractivity contribution in [2.75, 3.05) is 33.2 Å². The number of carbonyl (C=O) groups excluding carboxylic acids is 1. The third kappa shape index (κ3) is 3.02. The fraction of sp³-hybridized carbons (Fsp3) is 0.923. The number of hydrogen-bond acceptors (Lipinski definition) is 4. The number of carbonyl (C=O) groups is 1. The quantitative estimate of drug-likeness (QED) is 0.626. The zero-order valence-corrected chi connectivity index (χ0v) is 11.4. The van der Waals surface area contributed by atoms with Crippen LogP contribution in [-0.4, -0.2) is 61.3 Å². The summed E-state index contributed by atoms with van der Waals surface area (Å²) in [6, 6.07) is -0.0877. The summed E-state index contributed by atoms with van der Waals surface area (Å²) >= 11 is 0. The van der Waals surface area contributed by atoms with Crippen molar-refractivity contribution in [3.8, 4) is 0 Å². The highest BCUT2D eigenvalue weighted by molar-refractivity contribution is 5.82. The summed E-state index contributed by atoms with van der Waals surface area (Å²) in [5.41, 5.74) is -0.267. The Hall–Kier alpha value is -0.650. The minimum atomic E-state index is -0.461. The maximum Gasteiger partial charge on any atom is 0.226 e. The maximum absolute atomic E-state index is 12.4. The zero-order chi connectivity index (χ0) is 13.2. The van der Waals surface area contributed by atoms with E-state index < -0.39 is 6.10 Å². The second-order valence-corrected chi connectivity index (χ2v) is 6.00. The number of β-amino-alcohol motifs (C(OH)–C–C–N with tert-alkyl or cyclic N) is 1. The van der Waals surface area contributed by atoms with E-state index in [9.17, 15) is 9.90 Å². The highest BCUT2D eigenvalue weighted by Crippen LogP contribution is 2.30. The largest absolute Gasteiger partial charge is 0.390 e. The van der Waals surface area contributed by atoms with Crippen LogP contribution in [0.3, 0.4) is 0 Å². The summed E-state index contributed by atoms with van der Waals surface area (Å²) in [7, 11) is 2.09. The van der Waals surface area contributed by atoms with Gasteiger partial charge >= 0.3 is 0 Å². The van der Waals surface area contributed by atoms with Crippen molar-refractivity contribution in [1.29, 1.82) is 0 Å². The van der Waals surface area contributed by atoms with Gasteiger partial charge in [0.1, 0.15) is 0 Å². The molecule has 104 valence electrons. The Morgan fingerprint density at radius 1 is 1.44 bits per heavy atom. The lowest BCUT2D eigenvalue weighted by molar-refractivity contribution is -0.134. The second kappa shape index (κ2) is 5.55. The van der Waals surface area contributed by atoms with Crippen LogP contribution in [0.2, 0.25) is 0 Å². The fourth-order valence-corrected chi connectivity index (χ4v) is 2.69. The number of hydrogen-bond donors (Lipinski definition) is 3. The molecule has 3 N–H and O–H groups in total.